The maximum Gasteiger partial charge on any atom is 0.327 e. The van der Waals surface area contributed by atoms with Gasteiger partial charge in [0.15, 0.2) is 14.6 Å². The molecule has 0 amide bonds. The molecule has 0 saturated carbocycles. The predicted molar refractivity (Wildman–Crippen MR) is 103 cm³/mol. The summed E-state index contributed by atoms with van der Waals surface area (Å²) in [6.07, 6.45) is 0.00742. The van der Waals surface area contributed by atoms with Crippen molar-refractivity contribution in [3.05, 3.63) is 58.6 Å². The highest BCUT2D eigenvalue weighted by atomic mass is 79.9. The Labute approximate surface area is 162 Å². The number of benzene rings is 2. The number of halogens is 1. The summed E-state index contributed by atoms with van der Waals surface area (Å²) >= 11 is 3.35. The summed E-state index contributed by atoms with van der Waals surface area (Å²) in [5.41, 5.74) is 0.723. The molecule has 0 spiro atoms. The van der Waals surface area contributed by atoms with Crippen molar-refractivity contribution >= 4 is 31.7 Å². The molecule has 0 heterocycles. The Morgan fingerprint density at radius 2 is 1.65 bits per heavy atom. The molecular formula is C19H21BrO5S. The van der Waals surface area contributed by atoms with Crippen molar-refractivity contribution in [3.63, 3.8) is 0 Å². The molecule has 140 valence electrons. The highest BCUT2D eigenvalue weighted by Gasteiger charge is 2.48. The molecule has 1 unspecified atom stereocenters. The summed E-state index contributed by atoms with van der Waals surface area (Å²) < 4.78 is 35.9. The normalized spacial score (nSPS) is 13.7. The Bertz CT molecular complexity index is 860. The molecule has 26 heavy (non-hydrogen) atoms. The SMILES string of the molecule is CCOC(=O)C(C)(Cc1ccc(Br)cc1)S(=O)(=O)c1ccc(OC)cc1. The van der Waals surface area contributed by atoms with Gasteiger partial charge in [-0.3, -0.25) is 4.79 Å². The fraction of sp³-hybridized carbons (Fsp3) is 0.316. The highest BCUT2D eigenvalue weighted by molar-refractivity contribution is 9.10. The van der Waals surface area contributed by atoms with Crippen LogP contribution in [0, 0.1) is 0 Å². The molecule has 0 aliphatic rings. The van der Waals surface area contributed by atoms with Crippen molar-refractivity contribution in [1.82, 2.24) is 0 Å². The van der Waals surface area contributed by atoms with Crippen molar-refractivity contribution in [3.8, 4) is 5.75 Å². The fourth-order valence-electron chi connectivity index (χ4n) is 2.57. The zero-order valence-corrected chi connectivity index (χ0v) is 17.3. The minimum atomic E-state index is -4.00. The lowest BCUT2D eigenvalue weighted by Gasteiger charge is -2.27. The number of hydrogen-bond donors (Lipinski definition) is 0. The van der Waals surface area contributed by atoms with Crippen molar-refractivity contribution in [2.45, 2.75) is 29.9 Å². The summed E-state index contributed by atoms with van der Waals surface area (Å²) in [5, 5.41) is 0. The van der Waals surface area contributed by atoms with Crippen LogP contribution >= 0.6 is 15.9 Å². The van der Waals surface area contributed by atoms with E-state index in [0.717, 1.165) is 10.0 Å². The van der Waals surface area contributed by atoms with E-state index in [0.29, 0.717) is 5.75 Å². The number of carbonyl (C=O) groups is 1. The van der Waals surface area contributed by atoms with Gasteiger partial charge in [-0.2, -0.15) is 0 Å². The molecule has 0 aliphatic carbocycles. The van der Waals surface area contributed by atoms with Gasteiger partial charge in [0, 0.05) is 10.9 Å². The van der Waals surface area contributed by atoms with Gasteiger partial charge in [-0.05, 0) is 55.8 Å². The number of methoxy groups -OCH3 is 1. The lowest BCUT2D eigenvalue weighted by Crippen LogP contribution is -2.46. The van der Waals surface area contributed by atoms with Gasteiger partial charge in [-0.15, -0.1) is 0 Å². The van der Waals surface area contributed by atoms with Crippen molar-refractivity contribution < 1.29 is 22.7 Å². The maximum absolute atomic E-state index is 13.3. The molecule has 0 aliphatic heterocycles. The quantitative estimate of drug-likeness (QED) is 0.612. The molecule has 0 radical (unpaired) electrons. The van der Waals surface area contributed by atoms with E-state index in [1.54, 1.807) is 43.3 Å². The number of esters is 1. The molecule has 1 atom stereocenters. The van der Waals surface area contributed by atoms with Crippen LogP contribution in [-0.2, 0) is 25.8 Å². The summed E-state index contributed by atoms with van der Waals surface area (Å²) in [7, 11) is -2.50. The summed E-state index contributed by atoms with van der Waals surface area (Å²) in [6, 6.07) is 13.2. The van der Waals surface area contributed by atoms with Gasteiger partial charge < -0.3 is 9.47 Å². The molecule has 2 rings (SSSR count). The number of carbonyl (C=O) groups excluding carboxylic acids is 1. The summed E-state index contributed by atoms with van der Waals surface area (Å²) in [6.45, 7) is 3.16. The third-order valence-corrected chi connectivity index (χ3v) is 7.04. The minimum absolute atomic E-state index is 0.00742. The minimum Gasteiger partial charge on any atom is -0.497 e. The van der Waals surface area contributed by atoms with Crippen LogP contribution in [0.2, 0.25) is 0 Å². The second kappa shape index (κ2) is 8.22. The Balaban J connectivity index is 2.50. The first-order valence-electron chi connectivity index (χ1n) is 8.05. The van der Waals surface area contributed by atoms with E-state index in [1.165, 1.54) is 26.2 Å². The van der Waals surface area contributed by atoms with Gasteiger partial charge in [0.25, 0.3) is 0 Å². The Kier molecular flexibility index (Phi) is 6.47. The zero-order chi connectivity index (χ0) is 19.4. The summed E-state index contributed by atoms with van der Waals surface area (Å²) in [5.74, 6) is -0.228. The van der Waals surface area contributed by atoms with Crippen LogP contribution in [0.4, 0.5) is 0 Å². The highest BCUT2D eigenvalue weighted by Crippen LogP contribution is 2.32. The third kappa shape index (κ3) is 4.10. The predicted octanol–water partition coefficient (Wildman–Crippen LogP) is 3.80. The number of sulfone groups is 1. The fourth-order valence-corrected chi connectivity index (χ4v) is 4.48. The van der Waals surface area contributed by atoms with Gasteiger partial charge in [-0.1, -0.05) is 28.1 Å². The maximum atomic E-state index is 13.3. The van der Waals surface area contributed by atoms with Crippen LogP contribution in [0.5, 0.6) is 5.75 Å². The standard InChI is InChI=1S/C19H21BrO5S/c1-4-25-18(21)19(2,13-14-5-7-15(20)8-6-14)26(22,23)17-11-9-16(24-3)10-12-17/h5-12H,4,13H2,1-3H3. The summed E-state index contributed by atoms with van der Waals surface area (Å²) in [4.78, 5) is 12.7. The van der Waals surface area contributed by atoms with Crippen LogP contribution < -0.4 is 4.74 Å². The average Bonchev–Trinajstić information content (AvgIpc) is 2.63. The Morgan fingerprint density at radius 1 is 1.08 bits per heavy atom. The van der Waals surface area contributed by atoms with E-state index in [-0.39, 0.29) is 17.9 Å². The smallest absolute Gasteiger partial charge is 0.327 e. The lowest BCUT2D eigenvalue weighted by atomic mass is 10.0. The molecule has 7 heteroatoms. The molecule has 2 aromatic rings. The van der Waals surface area contributed by atoms with Gasteiger partial charge >= 0.3 is 5.97 Å². The van der Waals surface area contributed by atoms with Gasteiger partial charge in [0.2, 0.25) is 0 Å². The van der Waals surface area contributed by atoms with Crippen LogP contribution in [0.25, 0.3) is 0 Å². The first-order valence-corrected chi connectivity index (χ1v) is 10.3. The van der Waals surface area contributed by atoms with Crippen LogP contribution in [0.3, 0.4) is 0 Å². The first kappa shape index (κ1) is 20.5. The molecule has 5 nitrogen and oxygen atoms in total. The largest absolute Gasteiger partial charge is 0.497 e. The molecule has 0 aromatic heterocycles. The number of rotatable bonds is 7. The average molecular weight is 441 g/mol. The van der Waals surface area contributed by atoms with Crippen molar-refractivity contribution in [1.29, 1.82) is 0 Å². The zero-order valence-electron chi connectivity index (χ0n) is 14.9. The first-order chi connectivity index (χ1) is 12.2. The lowest BCUT2D eigenvalue weighted by molar-refractivity contribution is -0.145. The van der Waals surface area contributed by atoms with E-state index < -0.39 is 20.6 Å². The third-order valence-electron chi connectivity index (χ3n) is 4.12. The molecule has 2 aromatic carbocycles. The molecular weight excluding hydrogens is 420 g/mol. The van der Waals surface area contributed by atoms with E-state index in [2.05, 4.69) is 15.9 Å². The molecule has 0 N–H and O–H groups in total. The molecule has 0 bridgehead atoms. The molecule has 0 fully saturated rings. The topological polar surface area (TPSA) is 69.7 Å². The van der Waals surface area contributed by atoms with Gasteiger partial charge in [0.05, 0.1) is 18.6 Å². The second-order valence-corrected chi connectivity index (χ2v) is 9.23. The van der Waals surface area contributed by atoms with Crippen molar-refractivity contribution in [2.75, 3.05) is 13.7 Å². The van der Waals surface area contributed by atoms with Crippen LogP contribution in [0.15, 0.2) is 57.9 Å². The Morgan fingerprint density at radius 3 is 2.15 bits per heavy atom. The monoisotopic (exact) mass is 440 g/mol. The Hall–Kier alpha value is -1.86. The van der Waals surface area contributed by atoms with Gasteiger partial charge in [-0.25, -0.2) is 8.42 Å². The van der Waals surface area contributed by atoms with Crippen LogP contribution in [-0.4, -0.2) is 32.9 Å². The number of hydrogen-bond acceptors (Lipinski definition) is 5. The van der Waals surface area contributed by atoms with E-state index in [9.17, 15) is 13.2 Å². The number of ether oxygens (including phenoxy) is 2. The van der Waals surface area contributed by atoms with Crippen molar-refractivity contribution in [2.24, 2.45) is 0 Å². The van der Waals surface area contributed by atoms with E-state index in [4.69, 9.17) is 9.47 Å². The molecule has 0 saturated heterocycles. The van der Waals surface area contributed by atoms with Crippen LogP contribution in [0.1, 0.15) is 19.4 Å². The van der Waals surface area contributed by atoms with E-state index in [1.807, 2.05) is 0 Å². The van der Waals surface area contributed by atoms with Gasteiger partial charge in [0.1, 0.15) is 5.75 Å². The second-order valence-electron chi connectivity index (χ2n) is 5.93. The van der Waals surface area contributed by atoms with E-state index >= 15 is 0 Å².